The topological polar surface area (TPSA) is 24.5 Å². The smallest absolute Gasteiger partial charge is 0.124 e. The van der Waals surface area contributed by atoms with Gasteiger partial charge in [-0.25, -0.2) is 0 Å². The Balaban J connectivity index is 1.90. The molecule has 0 aromatic heterocycles. The fourth-order valence-corrected chi connectivity index (χ4v) is 3.10. The van der Waals surface area contributed by atoms with Gasteiger partial charge in [-0.3, -0.25) is 0 Å². The second-order valence-corrected chi connectivity index (χ2v) is 6.18. The summed E-state index contributed by atoms with van der Waals surface area (Å²) in [6.45, 7) is 9.74. The van der Waals surface area contributed by atoms with Gasteiger partial charge in [0, 0.05) is 35.6 Å². The van der Waals surface area contributed by atoms with Crippen LogP contribution in [0.2, 0.25) is 0 Å². The summed E-state index contributed by atoms with van der Waals surface area (Å²) in [7, 11) is 0. The van der Waals surface area contributed by atoms with E-state index in [0.717, 1.165) is 42.9 Å². The number of rotatable bonds is 7. The molecule has 20 heavy (non-hydrogen) atoms. The van der Waals surface area contributed by atoms with E-state index in [0.29, 0.717) is 6.04 Å². The first-order valence-electron chi connectivity index (χ1n) is 7.62. The first kappa shape index (κ1) is 15.8. The minimum atomic E-state index is 0.414. The largest absolute Gasteiger partial charge is 0.493 e. The van der Waals surface area contributed by atoms with Gasteiger partial charge in [0.1, 0.15) is 5.75 Å². The summed E-state index contributed by atoms with van der Waals surface area (Å²) in [6.07, 6.45) is 2.27. The molecule has 0 saturated carbocycles. The molecule has 1 aromatic carbocycles. The molecule has 1 atom stereocenters. The summed E-state index contributed by atoms with van der Waals surface area (Å²) in [5.41, 5.74) is 1.28. The molecule has 0 fully saturated rings. The van der Waals surface area contributed by atoms with Crippen molar-refractivity contribution < 1.29 is 4.74 Å². The van der Waals surface area contributed by atoms with Crippen LogP contribution in [0.25, 0.3) is 0 Å². The van der Waals surface area contributed by atoms with Gasteiger partial charge in [-0.05, 0) is 37.7 Å². The summed E-state index contributed by atoms with van der Waals surface area (Å²) in [4.78, 5) is 2.49. The first-order chi connectivity index (χ1) is 9.74. The predicted molar refractivity (Wildman–Crippen MR) is 87.4 cm³/mol. The average molecular weight is 341 g/mol. The molecule has 0 bridgehead atoms. The number of nitrogens with zero attached hydrogens (tertiary/aromatic N) is 1. The Morgan fingerprint density at radius 1 is 1.35 bits per heavy atom. The average Bonchev–Trinajstić information content (AvgIpc) is 2.46. The van der Waals surface area contributed by atoms with Crippen LogP contribution < -0.4 is 10.1 Å². The van der Waals surface area contributed by atoms with Crippen LogP contribution in [0.1, 0.15) is 38.3 Å². The zero-order valence-corrected chi connectivity index (χ0v) is 14.1. The zero-order chi connectivity index (χ0) is 14.4. The van der Waals surface area contributed by atoms with Crippen molar-refractivity contribution in [2.24, 2.45) is 0 Å². The molecule has 1 heterocycles. The normalized spacial score (nSPS) is 17.9. The zero-order valence-electron chi connectivity index (χ0n) is 12.5. The third-order valence-corrected chi connectivity index (χ3v) is 4.31. The van der Waals surface area contributed by atoms with E-state index in [1.54, 1.807) is 0 Å². The monoisotopic (exact) mass is 340 g/mol. The number of nitrogens with one attached hydrogen (secondary N) is 1. The number of halogens is 1. The number of ether oxygens (including phenoxy) is 1. The lowest BCUT2D eigenvalue weighted by Gasteiger charge is -2.28. The van der Waals surface area contributed by atoms with Crippen molar-refractivity contribution in [2.45, 2.75) is 32.7 Å². The van der Waals surface area contributed by atoms with Gasteiger partial charge in [-0.1, -0.05) is 29.8 Å². The lowest BCUT2D eigenvalue weighted by Crippen LogP contribution is -2.35. The second-order valence-electron chi connectivity index (χ2n) is 5.26. The minimum absolute atomic E-state index is 0.414. The van der Waals surface area contributed by atoms with Gasteiger partial charge in [0.05, 0.1) is 6.61 Å². The first-order valence-corrected chi connectivity index (χ1v) is 8.41. The Hall–Kier alpha value is -0.580. The van der Waals surface area contributed by atoms with E-state index in [4.69, 9.17) is 4.74 Å². The van der Waals surface area contributed by atoms with Crippen molar-refractivity contribution in [2.75, 3.05) is 32.8 Å². The maximum absolute atomic E-state index is 5.72. The van der Waals surface area contributed by atoms with Crippen molar-refractivity contribution in [3.63, 3.8) is 0 Å². The van der Waals surface area contributed by atoms with Crippen LogP contribution in [0, 0.1) is 0 Å². The van der Waals surface area contributed by atoms with Crippen molar-refractivity contribution >= 4 is 15.9 Å². The Bertz CT molecular complexity index is 425. The Kier molecular flexibility index (Phi) is 6.33. The molecule has 0 amide bonds. The molecule has 3 nitrogen and oxygen atoms in total. The summed E-state index contributed by atoms with van der Waals surface area (Å²) in [5, 5.41) is 3.69. The highest BCUT2D eigenvalue weighted by molar-refractivity contribution is 9.10. The molecule has 1 N–H and O–H groups in total. The third-order valence-electron chi connectivity index (χ3n) is 3.82. The quantitative estimate of drug-likeness (QED) is 0.820. The van der Waals surface area contributed by atoms with Crippen LogP contribution in [0.5, 0.6) is 5.75 Å². The lowest BCUT2D eigenvalue weighted by molar-refractivity contribution is 0.240. The number of hydrogen-bond acceptors (Lipinski definition) is 3. The highest BCUT2D eigenvalue weighted by Gasteiger charge is 2.21. The SMILES string of the molecule is CCCN(CC)CCNC1CCOc2ccc(Br)cc21. The van der Waals surface area contributed by atoms with Gasteiger partial charge in [-0.15, -0.1) is 0 Å². The van der Waals surface area contributed by atoms with Crippen LogP contribution in [-0.4, -0.2) is 37.7 Å². The second kappa shape index (κ2) is 8.01. The molecule has 1 aromatic rings. The van der Waals surface area contributed by atoms with Crippen molar-refractivity contribution in [3.8, 4) is 5.75 Å². The maximum atomic E-state index is 5.72. The maximum Gasteiger partial charge on any atom is 0.124 e. The van der Waals surface area contributed by atoms with E-state index < -0.39 is 0 Å². The van der Waals surface area contributed by atoms with Crippen LogP contribution in [0.3, 0.4) is 0 Å². The number of hydrogen-bond donors (Lipinski definition) is 1. The molecule has 1 aliphatic rings. The van der Waals surface area contributed by atoms with Crippen LogP contribution in [0.15, 0.2) is 22.7 Å². The highest BCUT2D eigenvalue weighted by Crippen LogP contribution is 2.33. The lowest BCUT2D eigenvalue weighted by atomic mass is 10.0. The van der Waals surface area contributed by atoms with Gasteiger partial charge in [0.25, 0.3) is 0 Å². The Morgan fingerprint density at radius 3 is 2.95 bits per heavy atom. The highest BCUT2D eigenvalue weighted by atomic mass is 79.9. The summed E-state index contributed by atoms with van der Waals surface area (Å²) in [5.74, 6) is 1.03. The van der Waals surface area contributed by atoms with Gasteiger partial charge < -0.3 is 15.0 Å². The fraction of sp³-hybridized carbons (Fsp3) is 0.625. The van der Waals surface area contributed by atoms with Crippen LogP contribution >= 0.6 is 15.9 Å². The predicted octanol–water partition coefficient (Wildman–Crippen LogP) is 3.59. The Morgan fingerprint density at radius 2 is 2.20 bits per heavy atom. The van der Waals surface area contributed by atoms with E-state index in [1.165, 1.54) is 18.5 Å². The summed E-state index contributed by atoms with van der Waals surface area (Å²) >= 11 is 3.55. The molecule has 1 aliphatic heterocycles. The molecular formula is C16H25BrN2O. The van der Waals surface area contributed by atoms with Gasteiger partial charge in [0.15, 0.2) is 0 Å². The fourth-order valence-electron chi connectivity index (χ4n) is 2.72. The third kappa shape index (κ3) is 4.21. The van der Waals surface area contributed by atoms with Crippen LogP contribution in [-0.2, 0) is 0 Å². The summed E-state index contributed by atoms with van der Waals surface area (Å²) in [6, 6.07) is 6.69. The molecule has 2 rings (SSSR count). The van der Waals surface area contributed by atoms with E-state index in [-0.39, 0.29) is 0 Å². The van der Waals surface area contributed by atoms with Crippen LogP contribution in [0.4, 0.5) is 0 Å². The van der Waals surface area contributed by atoms with E-state index >= 15 is 0 Å². The molecule has 0 saturated heterocycles. The van der Waals surface area contributed by atoms with Crippen molar-refractivity contribution in [1.29, 1.82) is 0 Å². The minimum Gasteiger partial charge on any atom is -0.493 e. The number of likely N-dealkylation sites (N-methyl/N-ethyl adjacent to an activating group) is 1. The standard InChI is InChI=1S/C16H25BrN2O/c1-3-9-19(4-2)10-8-18-15-7-11-20-16-6-5-13(17)12-14(15)16/h5-6,12,15,18H,3-4,7-11H2,1-2H3. The molecule has 0 spiro atoms. The van der Waals surface area contributed by atoms with E-state index in [2.05, 4.69) is 52.1 Å². The molecule has 0 radical (unpaired) electrons. The molecule has 1 unspecified atom stereocenters. The molecule has 112 valence electrons. The Labute approximate surface area is 130 Å². The number of benzene rings is 1. The van der Waals surface area contributed by atoms with Gasteiger partial charge in [0.2, 0.25) is 0 Å². The molecule has 4 heteroatoms. The van der Waals surface area contributed by atoms with E-state index in [1.807, 2.05) is 6.07 Å². The van der Waals surface area contributed by atoms with Crippen molar-refractivity contribution in [1.82, 2.24) is 10.2 Å². The van der Waals surface area contributed by atoms with E-state index in [9.17, 15) is 0 Å². The molecular weight excluding hydrogens is 316 g/mol. The molecule has 0 aliphatic carbocycles. The van der Waals surface area contributed by atoms with Crippen molar-refractivity contribution in [3.05, 3.63) is 28.2 Å². The van der Waals surface area contributed by atoms with Gasteiger partial charge >= 0.3 is 0 Å². The van der Waals surface area contributed by atoms with Gasteiger partial charge in [-0.2, -0.15) is 0 Å². The summed E-state index contributed by atoms with van der Waals surface area (Å²) < 4.78 is 6.84. The number of fused-ring (bicyclic) bond motifs is 1.